The fourth-order valence-corrected chi connectivity index (χ4v) is 4.32. The normalized spacial score (nSPS) is 11.4. The van der Waals surface area contributed by atoms with E-state index in [1.807, 2.05) is 0 Å². The number of carbonyl (C=O) groups excluding carboxylic acids is 1. The number of benzene rings is 2. The molecule has 0 atom stereocenters. The highest BCUT2D eigenvalue weighted by molar-refractivity contribution is 7.99. The van der Waals surface area contributed by atoms with Gasteiger partial charge in [-0.15, -0.1) is 0 Å². The molecule has 0 saturated heterocycles. The molecule has 1 aromatic heterocycles. The average molecular weight is 486 g/mol. The van der Waals surface area contributed by atoms with E-state index < -0.39 is 27.4 Å². The summed E-state index contributed by atoms with van der Waals surface area (Å²) in [6.07, 6.45) is 1.26. The zero-order valence-corrected chi connectivity index (χ0v) is 17.8. The summed E-state index contributed by atoms with van der Waals surface area (Å²) in [6, 6.07) is 12.0. The summed E-state index contributed by atoms with van der Waals surface area (Å²) in [5.41, 5.74) is -0.163. The Balaban J connectivity index is 1.87. The van der Waals surface area contributed by atoms with Crippen LogP contribution in [0.1, 0.15) is 10.4 Å². The van der Waals surface area contributed by atoms with Crippen molar-refractivity contribution in [2.45, 2.75) is 15.7 Å². The Kier molecular flexibility index (Phi) is 6.98. The van der Waals surface area contributed by atoms with E-state index in [4.69, 9.17) is 11.6 Å². The maximum absolute atomic E-state index is 12.7. The molecule has 0 spiro atoms. The van der Waals surface area contributed by atoms with Crippen LogP contribution in [-0.4, -0.2) is 30.2 Å². The first kappa shape index (κ1) is 22.8. The van der Waals surface area contributed by atoms with Gasteiger partial charge < -0.3 is 10.4 Å². The number of aromatic nitrogens is 1. The van der Waals surface area contributed by atoms with Crippen LogP contribution >= 0.6 is 23.4 Å². The number of rotatable bonds is 7. The molecule has 162 valence electrons. The topological polar surface area (TPSA) is 108 Å². The summed E-state index contributed by atoms with van der Waals surface area (Å²) < 4.78 is 53.1. The van der Waals surface area contributed by atoms with Crippen molar-refractivity contribution >= 4 is 50.7 Å². The Bertz CT molecular complexity index is 1230. The number of aromatic hydroxyl groups is 1. The molecule has 1 heterocycles. The van der Waals surface area contributed by atoms with E-state index in [1.165, 1.54) is 30.5 Å². The number of nitrogens with one attached hydrogen (secondary N) is 2. The van der Waals surface area contributed by atoms with Gasteiger partial charge in [-0.3, -0.25) is 9.52 Å². The predicted octanol–water partition coefficient (Wildman–Crippen LogP) is 4.81. The summed E-state index contributed by atoms with van der Waals surface area (Å²) in [4.78, 5) is 16.1. The van der Waals surface area contributed by atoms with Crippen LogP contribution in [0.4, 0.5) is 20.2 Å². The third-order valence-electron chi connectivity index (χ3n) is 3.82. The maximum Gasteiger partial charge on any atom is 0.290 e. The lowest BCUT2D eigenvalue weighted by Crippen LogP contribution is -2.16. The van der Waals surface area contributed by atoms with E-state index >= 15 is 0 Å². The molecular weight excluding hydrogens is 472 g/mol. The van der Waals surface area contributed by atoms with E-state index in [9.17, 15) is 27.1 Å². The molecule has 0 radical (unpaired) electrons. The predicted molar refractivity (Wildman–Crippen MR) is 114 cm³/mol. The molecule has 31 heavy (non-hydrogen) atoms. The molecule has 3 rings (SSSR count). The number of halogens is 3. The van der Waals surface area contributed by atoms with Crippen LogP contribution in [0.25, 0.3) is 0 Å². The minimum absolute atomic E-state index is 0.0935. The van der Waals surface area contributed by atoms with Gasteiger partial charge in [-0.05, 0) is 60.3 Å². The molecule has 7 nitrogen and oxygen atoms in total. The van der Waals surface area contributed by atoms with E-state index in [1.54, 1.807) is 12.1 Å². The Hall–Kier alpha value is -2.89. The Morgan fingerprint density at radius 3 is 2.61 bits per heavy atom. The summed E-state index contributed by atoms with van der Waals surface area (Å²) in [6.45, 7) is 0. The standard InChI is InChI=1S/C19H14ClF2N3O4S2/c20-11-3-1-4-12(9-11)25-31(28,29)13-6-7-16(26)15(10-13)24-17(27)14-5-2-8-23-18(14)30-19(21)22/h1-10,19,25-26H,(H,24,27). The van der Waals surface area contributed by atoms with E-state index in [0.29, 0.717) is 5.02 Å². The van der Waals surface area contributed by atoms with Gasteiger partial charge in [-0.2, -0.15) is 8.78 Å². The molecular formula is C19H14ClF2N3O4S2. The molecule has 0 bridgehead atoms. The summed E-state index contributed by atoms with van der Waals surface area (Å²) in [5.74, 6) is -4.05. The van der Waals surface area contributed by atoms with Crippen LogP contribution in [0.5, 0.6) is 5.75 Å². The molecule has 0 aliphatic rings. The Labute approximate surface area is 185 Å². The van der Waals surface area contributed by atoms with Gasteiger partial charge in [0, 0.05) is 11.2 Å². The van der Waals surface area contributed by atoms with Crippen LogP contribution in [0, 0.1) is 0 Å². The van der Waals surface area contributed by atoms with Crippen molar-refractivity contribution in [1.82, 2.24) is 4.98 Å². The summed E-state index contributed by atoms with van der Waals surface area (Å²) in [5, 5.41) is 12.5. The highest BCUT2D eigenvalue weighted by atomic mass is 35.5. The third-order valence-corrected chi connectivity index (χ3v) is 6.16. The van der Waals surface area contributed by atoms with Gasteiger partial charge >= 0.3 is 0 Å². The average Bonchev–Trinajstić information content (AvgIpc) is 2.69. The van der Waals surface area contributed by atoms with Crippen molar-refractivity contribution in [1.29, 1.82) is 0 Å². The van der Waals surface area contributed by atoms with Crippen molar-refractivity contribution in [2.24, 2.45) is 0 Å². The molecule has 2 aromatic carbocycles. The molecule has 0 aliphatic heterocycles. The number of pyridine rings is 1. The van der Waals surface area contributed by atoms with Gasteiger partial charge in [-0.1, -0.05) is 17.7 Å². The van der Waals surface area contributed by atoms with Crippen LogP contribution < -0.4 is 10.0 Å². The number of phenolic OH excluding ortho intramolecular Hbond substituents is 1. The second kappa shape index (κ2) is 9.50. The molecule has 0 aliphatic carbocycles. The number of alkyl halides is 2. The first-order chi connectivity index (χ1) is 14.7. The second-order valence-electron chi connectivity index (χ2n) is 5.98. The van der Waals surface area contributed by atoms with Gasteiger partial charge in [0.25, 0.3) is 21.7 Å². The van der Waals surface area contributed by atoms with Crippen LogP contribution in [0.2, 0.25) is 5.02 Å². The molecule has 0 fully saturated rings. The van der Waals surface area contributed by atoms with E-state index in [0.717, 1.165) is 18.2 Å². The van der Waals surface area contributed by atoms with Crippen LogP contribution in [-0.2, 0) is 10.0 Å². The lowest BCUT2D eigenvalue weighted by molar-refractivity contribution is 0.102. The summed E-state index contributed by atoms with van der Waals surface area (Å²) in [7, 11) is -4.08. The Morgan fingerprint density at radius 2 is 1.90 bits per heavy atom. The maximum atomic E-state index is 12.7. The fourth-order valence-electron chi connectivity index (χ4n) is 2.48. The molecule has 0 saturated carbocycles. The van der Waals surface area contributed by atoms with Crippen LogP contribution in [0.3, 0.4) is 0 Å². The number of sulfonamides is 1. The van der Waals surface area contributed by atoms with E-state index in [2.05, 4.69) is 15.0 Å². The number of anilines is 2. The Morgan fingerprint density at radius 1 is 1.13 bits per heavy atom. The molecule has 1 amide bonds. The van der Waals surface area contributed by atoms with Crippen molar-refractivity contribution in [3.63, 3.8) is 0 Å². The lowest BCUT2D eigenvalue weighted by Gasteiger charge is -2.13. The number of phenols is 1. The number of amides is 1. The van der Waals surface area contributed by atoms with Crippen LogP contribution in [0.15, 0.2) is 70.7 Å². The molecule has 3 aromatic rings. The number of thioether (sulfide) groups is 1. The second-order valence-corrected chi connectivity index (χ2v) is 9.08. The van der Waals surface area contributed by atoms with Gasteiger partial charge in [0.15, 0.2) is 0 Å². The van der Waals surface area contributed by atoms with Gasteiger partial charge in [0.2, 0.25) is 0 Å². The number of carbonyl (C=O) groups is 1. The number of hydrogen-bond acceptors (Lipinski definition) is 6. The van der Waals surface area contributed by atoms with E-state index in [-0.39, 0.29) is 38.6 Å². The molecule has 3 N–H and O–H groups in total. The first-order valence-corrected chi connectivity index (χ1v) is 11.2. The number of nitrogens with zero attached hydrogens (tertiary/aromatic N) is 1. The first-order valence-electron chi connectivity index (χ1n) is 8.48. The minimum Gasteiger partial charge on any atom is -0.506 e. The fraction of sp³-hybridized carbons (Fsp3) is 0.0526. The van der Waals surface area contributed by atoms with Crippen molar-refractivity contribution < 1.29 is 27.1 Å². The smallest absolute Gasteiger partial charge is 0.290 e. The number of hydrogen-bond donors (Lipinski definition) is 3. The highest BCUT2D eigenvalue weighted by Crippen LogP contribution is 2.30. The zero-order valence-electron chi connectivity index (χ0n) is 15.4. The largest absolute Gasteiger partial charge is 0.506 e. The highest BCUT2D eigenvalue weighted by Gasteiger charge is 2.20. The third kappa shape index (κ3) is 5.84. The molecule has 12 heteroatoms. The van der Waals surface area contributed by atoms with Crippen molar-refractivity contribution in [3.05, 3.63) is 71.4 Å². The SMILES string of the molecule is O=C(Nc1cc(S(=O)(=O)Nc2cccc(Cl)c2)ccc1O)c1cccnc1SC(F)F. The minimum atomic E-state index is -4.08. The van der Waals surface area contributed by atoms with Gasteiger partial charge in [-0.25, -0.2) is 13.4 Å². The van der Waals surface area contributed by atoms with Gasteiger partial charge in [0.05, 0.1) is 21.8 Å². The summed E-state index contributed by atoms with van der Waals surface area (Å²) >= 11 is 5.95. The lowest BCUT2D eigenvalue weighted by atomic mass is 10.2. The monoisotopic (exact) mass is 485 g/mol. The van der Waals surface area contributed by atoms with Crippen molar-refractivity contribution in [2.75, 3.05) is 10.0 Å². The zero-order chi connectivity index (χ0) is 22.6. The van der Waals surface area contributed by atoms with Crippen molar-refractivity contribution in [3.8, 4) is 5.75 Å². The quantitative estimate of drug-likeness (QED) is 0.327. The molecule has 0 unspecified atom stereocenters. The van der Waals surface area contributed by atoms with Gasteiger partial charge in [0.1, 0.15) is 10.8 Å².